The highest BCUT2D eigenvalue weighted by Crippen LogP contribution is 2.40. The van der Waals surface area contributed by atoms with Crippen LogP contribution in [0.2, 0.25) is 0 Å². The third-order valence-electron chi connectivity index (χ3n) is 4.29. The molecule has 136 valence electrons. The van der Waals surface area contributed by atoms with Gasteiger partial charge in [-0.2, -0.15) is 5.10 Å². The molecule has 6 heteroatoms. The van der Waals surface area contributed by atoms with E-state index in [4.69, 9.17) is 14.6 Å². The number of nitrogens with one attached hydrogen (secondary N) is 1. The zero-order valence-corrected chi connectivity index (χ0v) is 15.6. The number of aromatic nitrogens is 2. The van der Waals surface area contributed by atoms with Crippen molar-refractivity contribution in [2.45, 2.75) is 33.0 Å². The van der Waals surface area contributed by atoms with Crippen molar-refractivity contribution >= 4 is 5.69 Å². The van der Waals surface area contributed by atoms with E-state index in [0.29, 0.717) is 6.61 Å². The Morgan fingerprint density at radius 1 is 1.28 bits per heavy atom. The molecule has 0 amide bonds. The molecule has 0 bridgehead atoms. The first-order valence-corrected chi connectivity index (χ1v) is 8.88. The Kier molecular flexibility index (Phi) is 5.60. The molecule has 2 aromatic rings. The van der Waals surface area contributed by atoms with Gasteiger partial charge in [0.25, 0.3) is 0 Å². The first-order valence-electron chi connectivity index (χ1n) is 8.88. The van der Waals surface area contributed by atoms with E-state index in [1.54, 1.807) is 7.11 Å². The van der Waals surface area contributed by atoms with E-state index >= 15 is 0 Å². The molecule has 0 radical (unpaired) electrons. The fourth-order valence-electron chi connectivity index (χ4n) is 3.16. The Labute approximate surface area is 149 Å². The molecule has 2 heterocycles. The monoisotopic (exact) mass is 344 g/mol. The van der Waals surface area contributed by atoms with Gasteiger partial charge in [0.2, 0.25) is 0 Å². The lowest BCUT2D eigenvalue weighted by Gasteiger charge is -2.31. The van der Waals surface area contributed by atoms with Gasteiger partial charge in [0.15, 0.2) is 0 Å². The second-order valence-corrected chi connectivity index (χ2v) is 6.63. The molecule has 25 heavy (non-hydrogen) atoms. The summed E-state index contributed by atoms with van der Waals surface area (Å²) in [6, 6.07) is 6.31. The first-order chi connectivity index (χ1) is 12.1. The van der Waals surface area contributed by atoms with Crippen molar-refractivity contribution < 1.29 is 9.47 Å². The van der Waals surface area contributed by atoms with Crippen molar-refractivity contribution in [1.82, 2.24) is 15.1 Å². The fourth-order valence-corrected chi connectivity index (χ4v) is 3.16. The molecule has 1 N–H and O–H groups in total. The molecule has 0 saturated carbocycles. The van der Waals surface area contributed by atoms with Crippen LogP contribution in [0.5, 0.6) is 5.75 Å². The van der Waals surface area contributed by atoms with Crippen LogP contribution < -0.4 is 15.0 Å². The summed E-state index contributed by atoms with van der Waals surface area (Å²) in [5.74, 6) is 0.908. The summed E-state index contributed by atoms with van der Waals surface area (Å²) in [7, 11) is 3.70. The zero-order chi connectivity index (χ0) is 17.8. The number of likely N-dealkylation sites (N-methyl/N-ethyl adjacent to an activating group) is 1. The topological polar surface area (TPSA) is 51.5 Å². The van der Waals surface area contributed by atoms with E-state index in [1.165, 1.54) is 16.8 Å². The molecule has 3 rings (SSSR count). The number of ether oxygens (including phenoxy) is 2. The maximum Gasteiger partial charge on any atom is 0.121 e. The summed E-state index contributed by atoms with van der Waals surface area (Å²) in [4.78, 5) is 2.39. The van der Waals surface area contributed by atoms with Crippen molar-refractivity contribution in [3.8, 4) is 17.0 Å². The predicted molar refractivity (Wildman–Crippen MR) is 100 cm³/mol. The molecule has 0 saturated heterocycles. The van der Waals surface area contributed by atoms with Gasteiger partial charge in [-0.15, -0.1) is 0 Å². The van der Waals surface area contributed by atoms with Crippen molar-refractivity contribution in [2.24, 2.45) is 0 Å². The number of hydrogen-bond donors (Lipinski definition) is 1. The summed E-state index contributed by atoms with van der Waals surface area (Å²) in [6.07, 6.45) is 2.30. The van der Waals surface area contributed by atoms with Gasteiger partial charge in [-0.05, 0) is 33.0 Å². The van der Waals surface area contributed by atoms with Crippen LogP contribution >= 0.6 is 0 Å². The average molecular weight is 344 g/mol. The average Bonchev–Trinajstić information content (AvgIpc) is 3.00. The molecule has 0 atom stereocenters. The number of methoxy groups -OCH3 is 1. The quantitative estimate of drug-likeness (QED) is 0.797. The normalized spacial score (nSPS) is 13.1. The lowest BCUT2D eigenvalue weighted by molar-refractivity contribution is 0.183. The van der Waals surface area contributed by atoms with Gasteiger partial charge in [-0.1, -0.05) is 0 Å². The molecular weight excluding hydrogens is 316 g/mol. The molecule has 6 nitrogen and oxygen atoms in total. The van der Waals surface area contributed by atoms with Crippen LogP contribution in [0.3, 0.4) is 0 Å². The second-order valence-electron chi connectivity index (χ2n) is 6.63. The third kappa shape index (κ3) is 3.96. The van der Waals surface area contributed by atoms with Crippen LogP contribution in [0.15, 0.2) is 24.4 Å². The number of fused-ring (bicyclic) bond motifs is 3. The summed E-state index contributed by atoms with van der Waals surface area (Å²) in [5, 5.41) is 8.03. The first kappa shape index (κ1) is 17.8. The van der Waals surface area contributed by atoms with Gasteiger partial charge in [-0.25, -0.2) is 0 Å². The van der Waals surface area contributed by atoms with Crippen LogP contribution in [0.25, 0.3) is 11.3 Å². The molecule has 0 unspecified atom stereocenters. The van der Waals surface area contributed by atoms with E-state index in [2.05, 4.69) is 28.5 Å². The zero-order valence-electron chi connectivity index (χ0n) is 15.6. The number of nitrogens with zero attached hydrogens (tertiary/aromatic N) is 3. The van der Waals surface area contributed by atoms with Gasteiger partial charge in [-0.3, -0.25) is 4.68 Å². The Bertz CT molecular complexity index is 711. The van der Waals surface area contributed by atoms with Gasteiger partial charge in [0.1, 0.15) is 5.75 Å². The summed E-state index contributed by atoms with van der Waals surface area (Å²) < 4.78 is 13.1. The predicted octanol–water partition coefficient (Wildman–Crippen LogP) is 2.52. The van der Waals surface area contributed by atoms with E-state index < -0.39 is 0 Å². The number of rotatable bonds is 8. The largest absolute Gasteiger partial charge is 0.491 e. The Hall–Kier alpha value is -2.05. The minimum absolute atomic E-state index is 0.163. The molecule has 1 aromatic carbocycles. The highest BCUT2D eigenvalue weighted by molar-refractivity contribution is 5.82. The second kappa shape index (κ2) is 7.89. The molecule has 1 aromatic heterocycles. The van der Waals surface area contributed by atoms with Gasteiger partial charge in [0.05, 0.1) is 30.6 Å². The van der Waals surface area contributed by atoms with E-state index in [9.17, 15) is 0 Å². The summed E-state index contributed by atoms with van der Waals surface area (Å²) in [6.45, 7) is 8.27. The standard InChI is InChI=1S/C19H28N4O2/c1-14(2)25-16-5-6-17-18(11-16)22(8-7-20-3)12-15-13-23(9-10-24-4)21-19(15)17/h5-6,11,13-14,20H,7-10,12H2,1-4H3. The Morgan fingerprint density at radius 2 is 2.12 bits per heavy atom. The van der Waals surface area contributed by atoms with Crippen molar-refractivity contribution in [2.75, 3.05) is 38.8 Å². The molecule has 0 fully saturated rings. The minimum atomic E-state index is 0.163. The summed E-state index contributed by atoms with van der Waals surface area (Å²) >= 11 is 0. The Balaban J connectivity index is 1.96. The minimum Gasteiger partial charge on any atom is -0.491 e. The number of anilines is 1. The van der Waals surface area contributed by atoms with Crippen LogP contribution in [0.4, 0.5) is 5.69 Å². The van der Waals surface area contributed by atoms with Gasteiger partial charge < -0.3 is 19.7 Å². The number of benzene rings is 1. The molecule has 1 aliphatic heterocycles. The molecular formula is C19H28N4O2. The summed E-state index contributed by atoms with van der Waals surface area (Å²) in [5.41, 5.74) is 4.70. The maximum absolute atomic E-state index is 5.89. The van der Waals surface area contributed by atoms with E-state index in [0.717, 1.165) is 37.6 Å². The highest BCUT2D eigenvalue weighted by atomic mass is 16.5. The van der Waals surface area contributed by atoms with Crippen LogP contribution in [-0.4, -0.2) is 49.7 Å². The smallest absolute Gasteiger partial charge is 0.121 e. The van der Waals surface area contributed by atoms with Gasteiger partial charge in [0, 0.05) is 50.1 Å². The van der Waals surface area contributed by atoms with Gasteiger partial charge >= 0.3 is 0 Å². The lowest BCUT2D eigenvalue weighted by atomic mass is 10.00. The Morgan fingerprint density at radius 3 is 2.84 bits per heavy atom. The highest BCUT2D eigenvalue weighted by Gasteiger charge is 2.25. The van der Waals surface area contributed by atoms with E-state index in [-0.39, 0.29) is 6.10 Å². The van der Waals surface area contributed by atoms with Crippen LogP contribution in [0.1, 0.15) is 19.4 Å². The third-order valence-corrected chi connectivity index (χ3v) is 4.29. The van der Waals surface area contributed by atoms with Crippen LogP contribution in [-0.2, 0) is 17.8 Å². The maximum atomic E-state index is 5.89. The SMILES string of the molecule is CNCCN1Cc2cn(CCOC)nc2-c2ccc(OC(C)C)cc21. The van der Waals surface area contributed by atoms with Crippen molar-refractivity contribution in [1.29, 1.82) is 0 Å². The lowest BCUT2D eigenvalue weighted by Crippen LogP contribution is -2.32. The van der Waals surface area contributed by atoms with Crippen LogP contribution in [0, 0.1) is 0 Å². The molecule has 0 spiro atoms. The van der Waals surface area contributed by atoms with Crippen molar-refractivity contribution in [3.63, 3.8) is 0 Å². The number of hydrogen-bond acceptors (Lipinski definition) is 5. The van der Waals surface area contributed by atoms with E-state index in [1.807, 2.05) is 31.6 Å². The van der Waals surface area contributed by atoms with Crippen molar-refractivity contribution in [3.05, 3.63) is 30.0 Å². The fraction of sp³-hybridized carbons (Fsp3) is 0.526. The molecule has 0 aliphatic carbocycles. The molecule has 1 aliphatic rings.